The first-order chi connectivity index (χ1) is 15.2. The van der Waals surface area contributed by atoms with Crippen molar-refractivity contribution in [3.8, 4) is 11.1 Å². The maximum atomic E-state index is 12.0. The van der Waals surface area contributed by atoms with Gasteiger partial charge in [0.05, 0.1) is 0 Å². The van der Waals surface area contributed by atoms with Crippen LogP contribution in [0.15, 0.2) is 37.1 Å². The van der Waals surface area contributed by atoms with E-state index in [1.54, 1.807) is 10.8 Å². The van der Waals surface area contributed by atoms with Crippen molar-refractivity contribution < 1.29 is 4.79 Å². The van der Waals surface area contributed by atoms with Crippen molar-refractivity contribution in [3.05, 3.63) is 37.1 Å². The normalized spacial score (nSPS) is 21.9. The summed E-state index contributed by atoms with van der Waals surface area (Å²) in [6.45, 7) is 0.931. The summed E-state index contributed by atoms with van der Waals surface area (Å²) in [4.78, 5) is 30.9. The number of rotatable bonds is 4. The van der Waals surface area contributed by atoms with E-state index in [1.807, 2.05) is 30.7 Å². The fourth-order valence-corrected chi connectivity index (χ4v) is 4.97. The Labute approximate surface area is 178 Å². The summed E-state index contributed by atoms with van der Waals surface area (Å²) >= 11 is 0. The zero-order chi connectivity index (χ0) is 20.8. The van der Waals surface area contributed by atoms with E-state index in [4.69, 9.17) is 4.98 Å². The Balaban J connectivity index is 1.16. The molecule has 4 aromatic rings. The molecule has 0 radical (unpaired) electrons. The second-order valence-corrected chi connectivity index (χ2v) is 8.48. The quantitative estimate of drug-likeness (QED) is 0.530. The van der Waals surface area contributed by atoms with E-state index in [0.29, 0.717) is 23.9 Å². The highest BCUT2D eigenvalue weighted by molar-refractivity contribution is 5.93. The molecule has 1 amide bonds. The van der Waals surface area contributed by atoms with Crippen molar-refractivity contribution in [1.82, 2.24) is 34.4 Å². The van der Waals surface area contributed by atoms with E-state index < -0.39 is 0 Å². The van der Waals surface area contributed by atoms with Gasteiger partial charge in [-0.25, -0.2) is 14.5 Å². The Hall–Kier alpha value is -3.49. The lowest BCUT2D eigenvalue weighted by Crippen LogP contribution is -2.41. The van der Waals surface area contributed by atoms with Crippen molar-refractivity contribution in [3.63, 3.8) is 0 Å². The highest BCUT2D eigenvalue weighted by atomic mass is 16.2. The number of carbonyl (C=O) groups excluding carboxylic acids is 1. The lowest BCUT2D eigenvalue weighted by molar-refractivity contribution is -0.130. The number of carbonyl (C=O) groups is 1. The number of aromatic nitrogens is 6. The second-order valence-electron chi connectivity index (χ2n) is 8.48. The van der Waals surface area contributed by atoms with E-state index >= 15 is 0 Å². The van der Waals surface area contributed by atoms with Crippen LogP contribution in [0.5, 0.6) is 0 Å². The minimum Gasteiger partial charge on any atom is -0.351 e. The van der Waals surface area contributed by atoms with Gasteiger partial charge in [-0.15, -0.1) is 0 Å². The Morgan fingerprint density at radius 3 is 2.90 bits per heavy atom. The Morgan fingerprint density at radius 1 is 1.16 bits per heavy atom. The number of H-pyrrole nitrogens is 1. The van der Waals surface area contributed by atoms with Crippen LogP contribution < -0.4 is 5.32 Å². The first kappa shape index (κ1) is 18.3. The molecule has 2 N–H and O–H groups in total. The summed E-state index contributed by atoms with van der Waals surface area (Å²) in [5, 5.41) is 8.62. The number of aromatic amines is 1. The summed E-state index contributed by atoms with van der Waals surface area (Å²) in [6.07, 6.45) is 13.2. The summed E-state index contributed by atoms with van der Waals surface area (Å²) in [6, 6.07) is 4.77. The number of fused-ring (bicyclic) bond motifs is 2. The number of nitrogens with zero attached hydrogens (tertiary/aromatic N) is 6. The fraction of sp³-hybridized carbons (Fsp3) is 0.409. The molecule has 9 nitrogen and oxygen atoms in total. The van der Waals surface area contributed by atoms with Crippen LogP contribution in [0.3, 0.4) is 0 Å². The summed E-state index contributed by atoms with van der Waals surface area (Å²) in [5.74, 6) is 0.977. The molecule has 0 unspecified atom stereocenters. The minimum atomic E-state index is 0.330. The standard InChI is InChI=1S/C22H24N8O/c31-20-2-1-8-29(20)16-5-3-15(4-6-16)27-22-24-12-18-17(11-23-21(18)28-22)14-7-9-30-19(10-14)25-13-26-30/h7,9-13,15-16H,1-6,8H2,(H2,23,24,27,28)/t15-,16+. The van der Waals surface area contributed by atoms with Gasteiger partial charge in [-0.3, -0.25) is 4.79 Å². The van der Waals surface area contributed by atoms with Gasteiger partial charge < -0.3 is 15.2 Å². The van der Waals surface area contributed by atoms with Gasteiger partial charge in [0.15, 0.2) is 5.65 Å². The molecule has 2 aliphatic rings. The molecule has 0 aromatic carbocycles. The first-order valence-electron chi connectivity index (χ1n) is 10.9. The summed E-state index contributed by atoms with van der Waals surface area (Å²) < 4.78 is 1.74. The third kappa shape index (κ3) is 3.30. The van der Waals surface area contributed by atoms with Crippen LogP contribution in [0.25, 0.3) is 27.8 Å². The van der Waals surface area contributed by atoms with Crippen LogP contribution in [0.2, 0.25) is 0 Å². The van der Waals surface area contributed by atoms with E-state index in [1.165, 1.54) is 0 Å². The van der Waals surface area contributed by atoms with Gasteiger partial charge in [-0.1, -0.05) is 0 Å². The smallest absolute Gasteiger partial charge is 0.224 e. The van der Waals surface area contributed by atoms with E-state index in [9.17, 15) is 4.79 Å². The molecular weight excluding hydrogens is 392 g/mol. The molecule has 1 saturated heterocycles. The molecule has 1 aliphatic heterocycles. The molecule has 31 heavy (non-hydrogen) atoms. The maximum Gasteiger partial charge on any atom is 0.224 e. The minimum absolute atomic E-state index is 0.330. The van der Waals surface area contributed by atoms with E-state index in [2.05, 4.69) is 30.3 Å². The molecule has 0 spiro atoms. The van der Waals surface area contributed by atoms with Crippen molar-refractivity contribution >= 4 is 28.5 Å². The third-order valence-electron chi connectivity index (χ3n) is 6.60. The maximum absolute atomic E-state index is 12.0. The number of nitrogens with one attached hydrogen (secondary N) is 2. The summed E-state index contributed by atoms with van der Waals surface area (Å²) in [7, 11) is 0. The van der Waals surface area contributed by atoms with Gasteiger partial charge >= 0.3 is 0 Å². The van der Waals surface area contributed by atoms with Crippen molar-refractivity contribution in [2.24, 2.45) is 0 Å². The van der Waals surface area contributed by atoms with Gasteiger partial charge in [0.25, 0.3) is 0 Å². The van der Waals surface area contributed by atoms with Crippen molar-refractivity contribution in [1.29, 1.82) is 0 Å². The molecule has 0 bridgehead atoms. The Kier molecular flexibility index (Phi) is 4.33. The molecule has 1 aliphatic carbocycles. The average molecular weight is 416 g/mol. The third-order valence-corrected chi connectivity index (χ3v) is 6.60. The van der Waals surface area contributed by atoms with Gasteiger partial charge in [0.2, 0.25) is 11.9 Å². The topological polar surface area (TPSA) is 104 Å². The zero-order valence-electron chi connectivity index (χ0n) is 17.2. The number of anilines is 1. The molecule has 5 heterocycles. The molecule has 6 rings (SSSR count). The van der Waals surface area contributed by atoms with Crippen LogP contribution in [0.4, 0.5) is 5.95 Å². The van der Waals surface area contributed by atoms with Crippen LogP contribution in [0.1, 0.15) is 38.5 Å². The molecule has 9 heteroatoms. The lowest BCUT2D eigenvalue weighted by atomic mass is 9.90. The summed E-state index contributed by atoms with van der Waals surface area (Å²) in [5.41, 5.74) is 3.70. The van der Waals surface area contributed by atoms with Crippen LogP contribution in [0, 0.1) is 0 Å². The van der Waals surface area contributed by atoms with Crippen LogP contribution >= 0.6 is 0 Å². The molecule has 158 valence electrons. The molecule has 0 atom stereocenters. The lowest BCUT2D eigenvalue weighted by Gasteiger charge is -2.34. The predicted octanol–water partition coefficient (Wildman–Crippen LogP) is 3.01. The number of likely N-dealkylation sites (tertiary alicyclic amines) is 1. The predicted molar refractivity (Wildman–Crippen MR) is 116 cm³/mol. The van der Waals surface area contributed by atoms with Gasteiger partial charge in [-0.05, 0) is 49.8 Å². The zero-order valence-corrected chi connectivity index (χ0v) is 17.2. The van der Waals surface area contributed by atoms with Crippen LogP contribution in [-0.4, -0.2) is 59.0 Å². The average Bonchev–Trinajstić information content (AvgIpc) is 3.53. The van der Waals surface area contributed by atoms with E-state index in [-0.39, 0.29) is 0 Å². The number of hydrogen-bond acceptors (Lipinski definition) is 6. The molecule has 1 saturated carbocycles. The van der Waals surface area contributed by atoms with Crippen molar-refractivity contribution in [2.45, 2.75) is 50.6 Å². The monoisotopic (exact) mass is 416 g/mol. The number of hydrogen-bond donors (Lipinski definition) is 2. The highest BCUT2D eigenvalue weighted by Crippen LogP contribution is 2.30. The van der Waals surface area contributed by atoms with E-state index in [0.717, 1.165) is 72.9 Å². The highest BCUT2D eigenvalue weighted by Gasteiger charge is 2.31. The number of amides is 1. The van der Waals surface area contributed by atoms with Crippen molar-refractivity contribution in [2.75, 3.05) is 11.9 Å². The fourth-order valence-electron chi connectivity index (χ4n) is 4.97. The Morgan fingerprint density at radius 2 is 2.06 bits per heavy atom. The van der Waals surface area contributed by atoms with Crippen LogP contribution in [-0.2, 0) is 4.79 Å². The molecular formula is C22H24N8O. The molecule has 2 fully saturated rings. The SMILES string of the molecule is O=C1CCCN1[C@H]1CC[C@@H](Nc2ncc3c(-c4ccn5ncnc5c4)c[nH]c3n2)CC1. The Bertz CT molecular complexity index is 1250. The largest absolute Gasteiger partial charge is 0.351 e. The molecule has 4 aromatic heterocycles. The second kappa shape index (κ2) is 7.33. The van der Waals surface area contributed by atoms with Gasteiger partial charge in [0, 0.05) is 54.6 Å². The van der Waals surface area contributed by atoms with Gasteiger partial charge in [0.1, 0.15) is 12.0 Å². The number of pyridine rings is 1. The first-order valence-corrected chi connectivity index (χ1v) is 10.9. The van der Waals surface area contributed by atoms with Gasteiger partial charge in [-0.2, -0.15) is 10.1 Å².